The van der Waals surface area contributed by atoms with Crippen LogP contribution in [0.15, 0.2) is 48.6 Å². The molecule has 2 aliphatic heterocycles. The van der Waals surface area contributed by atoms with E-state index in [1.807, 2.05) is 30.4 Å². The molecule has 4 aliphatic rings. The van der Waals surface area contributed by atoms with E-state index in [-0.39, 0.29) is 36.0 Å². The van der Waals surface area contributed by atoms with Gasteiger partial charge in [-0.3, -0.25) is 4.79 Å². The highest BCUT2D eigenvalue weighted by Crippen LogP contribution is 2.42. The van der Waals surface area contributed by atoms with Crippen molar-refractivity contribution in [2.24, 2.45) is 17.8 Å². The fourth-order valence-electron chi connectivity index (χ4n) is 7.03. The summed E-state index contributed by atoms with van der Waals surface area (Å²) in [6.07, 6.45) is 10.9. The van der Waals surface area contributed by atoms with Crippen LogP contribution >= 0.6 is 11.6 Å². The summed E-state index contributed by atoms with van der Waals surface area (Å²) >= 11 is 6.34. The first-order valence-electron chi connectivity index (χ1n) is 16.4. The Kier molecular flexibility index (Phi) is 10.3. The lowest BCUT2D eigenvalue weighted by Crippen LogP contribution is -2.44. The fourth-order valence-corrected chi connectivity index (χ4v) is 8.98. The average molecular weight is 671 g/mol. The molecular formula is C35H43ClN2O7S. The first-order valence-corrected chi connectivity index (χ1v) is 18.3. The van der Waals surface area contributed by atoms with Crippen molar-refractivity contribution in [3.63, 3.8) is 0 Å². The van der Waals surface area contributed by atoms with Crippen LogP contribution in [0.5, 0.6) is 5.75 Å². The Bertz CT molecular complexity index is 1570. The number of ether oxygens (including phenoxy) is 3. The van der Waals surface area contributed by atoms with Crippen LogP contribution in [0.4, 0.5) is 5.69 Å². The summed E-state index contributed by atoms with van der Waals surface area (Å²) in [6.45, 7) is 1.63. The summed E-state index contributed by atoms with van der Waals surface area (Å²) in [5.74, 6) is 0.0779. The lowest BCUT2D eigenvalue weighted by molar-refractivity contribution is -0.149. The van der Waals surface area contributed by atoms with Crippen LogP contribution in [-0.2, 0) is 37.3 Å². The Balaban J connectivity index is 1.36. The number of benzene rings is 2. The third-order valence-corrected chi connectivity index (χ3v) is 12.1. The zero-order valence-corrected chi connectivity index (χ0v) is 27.9. The highest BCUT2D eigenvalue weighted by atomic mass is 35.5. The Labute approximate surface area is 276 Å². The number of esters is 1. The van der Waals surface area contributed by atoms with E-state index >= 15 is 0 Å². The lowest BCUT2D eigenvalue weighted by atomic mass is 9.70. The van der Waals surface area contributed by atoms with Gasteiger partial charge in [-0.1, -0.05) is 29.8 Å². The van der Waals surface area contributed by atoms with Crippen LogP contribution in [-0.4, -0.2) is 58.5 Å². The SMILES string of the molecule is COC(=O)CO[C@H]1/C=C/CC[C@H](C2CC2)S(=O)(=O)NC(=O)c2ccc3c(c2)N(CCCCc2cc(Cl)ccc2CO3)C[C@@H]2CC[C@H]21. The molecule has 11 heteroatoms. The van der Waals surface area contributed by atoms with Gasteiger partial charge in [-0.2, -0.15) is 0 Å². The van der Waals surface area contributed by atoms with Crippen molar-refractivity contribution in [1.82, 2.24) is 4.72 Å². The van der Waals surface area contributed by atoms with E-state index in [2.05, 4.69) is 9.62 Å². The van der Waals surface area contributed by atoms with Crippen molar-refractivity contribution >= 4 is 39.2 Å². The van der Waals surface area contributed by atoms with Gasteiger partial charge in [0.1, 0.15) is 19.0 Å². The Morgan fingerprint density at radius 3 is 2.63 bits per heavy atom. The Morgan fingerprint density at radius 2 is 1.87 bits per heavy atom. The van der Waals surface area contributed by atoms with E-state index < -0.39 is 27.1 Å². The molecule has 6 rings (SSSR count). The number of amides is 1. The van der Waals surface area contributed by atoms with Crippen LogP contribution in [0.1, 0.15) is 72.9 Å². The summed E-state index contributed by atoms with van der Waals surface area (Å²) in [7, 11) is -2.57. The number of aryl methyl sites for hydroxylation is 1. The van der Waals surface area contributed by atoms with Gasteiger partial charge >= 0.3 is 5.97 Å². The second kappa shape index (κ2) is 14.4. The number of allylic oxidation sites excluding steroid dienone is 1. The molecule has 2 aromatic rings. The smallest absolute Gasteiger partial charge is 0.331 e. The van der Waals surface area contributed by atoms with Gasteiger partial charge in [-0.05, 0) is 117 Å². The summed E-state index contributed by atoms with van der Waals surface area (Å²) in [5, 5.41) is 0.0387. The van der Waals surface area contributed by atoms with E-state index in [1.54, 1.807) is 18.2 Å². The Hall–Kier alpha value is -3.08. The molecule has 1 N–H and O–H groups in total. The number of anilines is 1. The van der Waals surface area contributed by atoms with Crippen LogP contribution in [0.25, 0.3) is 0 Å². The van der Waals surface area contributed by atoms with E-state index in [9.17, 15) is 18.0 Å². The number of methoxy groups -OCH3 is 1. The zero-order chi connectivity index (χ0) is 32.3. The molecule has 9 nitrogen and oxygen atoms in total. The Morgan fingerprint density at radius 1 is 1.04 bits per heavy atom. The third kappa shape index (κ3) is 7.72. The molecule has 0 aromatic heterocycles. The van der Waals surface area contributed by atoms with Crippen LogP contribution in [0.3, 0.4) is 0 Å². The zero-order valence-electron chi connectivity index (χ0n) is 26.3. The van der Waals surface area contributed by atoms with E-state index in [4.69, 9.17) is 25.8 Å². The fraction of sp³-hybridized carbons (Fsp3) is 0.543. The van der Waals surface area contributed by atoms with Gasteiger partial charge in [0.2, 0.25) is 10.0 Å². The molecule has 2 fully saturated rings. The monoisotopic (exact) mass is 670 g/mol. The number of carbonyl (C=O) groups excluding carboxylic acids is 2. The quantitative estimate of drug-likeness (QED) is 0.319. The van der Waals surface area contributed by atoms with Crippen LogP contribution in [0.2, 0.25) is 5.02 Å². The third-order valence-electron chi connectivity index (χ3n) is 9.94. The summed E-state index contributed by atoms with van der Waals surface area (Å²) in [6, 6.07) is 11.1. The lowest BCUT2D eigenvalue weighted by Gasteiger charge is -2.44. The van der Waals surface area contributed by atoms with Crippen LogP contribution in [0, 0.1) is 17.8 Å². The van der Waals surface area contributed by atoms with Crippen LogP contribution < -0.4 is 14.4 Å². The van der Waals surface area contributed by atoms with Gasteiger partial charge in [-0.25, -0.2) is 17.9 Å². The van der Waals surface area contributed by atoms with Gasteiger partial charge < -0.3 is 19.1 Å². The summed E-state index contributed by atoms with van der Waals surface area (Å²) < 4.78 is 46.9. The number of hydrogen-bond acceptors (Lipinski definition) is 8. The topological polar surface area (TPSA) is 111 Å². The molecule has 2 heterocycles. The van der Waals surface area contributed by atoms with Crippen molar-refractivity contribution in [2.75, 3.05) is 31.7 Å². The van der Waals surface area contributed by atoms with Gasteiger partial charge in [0, 0.05) is 23.7 Å². The minimum atomic E-state index is -3.91. The molecule has 0 spiro atoms. The predicted octanol–water partition coefficient (Wildman–Crippen LogP) is 5.83. The summed E-state index contributed by atoms with van der Waals surface area (Å²) in [4.78, 5) is 27.8. The highest BCUT2D eigenvalue weighted by molar-refractivity contribution is 7.90. The van der Waals surface area contributed by atoms with E-state index in [0.29, 0.717) is 36.8 Å². The molecule has 2 aliphatic carbocycles. The molecular weight excluding hydrogens is 628 g/mol. The molecule has 46 heavy (non-hydrogen) atoms. The number of halogens is 1. The number of hydrogen-bond donors (Lipinski definition) is 1. The number of nitrogens with zero attached hydrogens (tertiary/aromatic N) is 1. The molecule has 2 bridgehead atoms. The minimum Gasteiger partial charge on any atom is -0.487 e. The number of carbonyl (C=O) groups is 2. The molecule has 0 radical (unpaired) electrons. The van der Waals surface area contributed by atoms with Gasteiger partial charge in [0.25, 0.3) is 5.91 Å². The van der Waals surface area contributed by atoms with E-state index in [0.717, 1.165) is 68.3 Å². The first kappa shape index (κ1) is 32.8. The number of fused-ring (bicyclic) bond motifs is 3. The molecule has 0 saturated heterocycles. The average Bonchev–Trinajstić information content (AvgIpc) is 3.86. The van der Waals surface area contributed by atoms with Crippen molar-refractivity contribution < 1.29 is 32.2 Å². The van der Waals surface area contributed by atoms with Gasteiger partial charge in [0.05, 0.1) is 24.2 Å². The minimum absolute atomic E-state index is 0.0361. The van der Waals surface area contributed by atoms with Gasteiger partial charge in [0.15, 0.2) is 0 Å². The molecule has 248 valence electrons. The van der Waals surface area contributed by atoms with Gasteiger partial charge in [-0.15, -0.1) is 0 Å². The normalized spacial score (nSPS) is 27.3. The largest absolute Gasteiger partial charge is 0.487 e. The standard InChI is InChI=1S/C35H43ClN2O7S/c1-43-34(39)22-45-31-7-2-3-8-33(23-9-10-23)46(41,42)37-35(40)25-13-16-32-30(19-25)38(20-26-12-15-29(26)31)17-5-4-6-24-18-28(36)14-11-27(24)21-44-32/h2,7,11,13-14,16,18-19,23,26,29,31,33H,3-6,8-10,12,15,17,20-22H2,1H3,(H,37,40)/b7-2+/t26-,29+,31-,33+/m0/s1. The second-order valence-electron chi connectivity index (χ2n) is 13.0. The van der Waals surface area contributed by atoms with Crippen molar-refractivity contribution in [3.8, 4) is 5.75 Å². The number of sulfonamides is 1. The maximum absolute atomic E-state index is 13.5. The van der Waals surface area contributed by atoms with Crippen molar-refractivity contribution in [1.29, 1.82) is 0 Å². The van der Waals surface area contributed by atoms with Crippen molar-refractivity contribution in [3.05, 3.63) is 70.3 Å². The maximum atomic E-state index is 13.5. The molecule has 2 saturated carbocycles. The predicted molar refractivity (Wildman–Crippen MR) is 177 cm³/mol. The molecule has 2 aromatic carbocycles. The molecule has 1 amide bonds. The second-order valence-corrected chi connectivity index (χ2v) is 15.3. The number of rotatable bonds is 4. The maximum Gasteiger partial charge on any atom is 0.331 e. The first-order chi connectivity index (χ1) is 22.2. The molecule has 0 unspecified atom stereocenters. The van der Waals surface area contributed by atoms with Crippen molar-refractivity contribution in [2.45, 2.75) is 75.7 Å². The number of nitrogens with one attached hydrogen (secondary N) is 1. The summed E-state index contributed by atoms with van der Waals surface area (Å²) in [5.41, 5.74) is 3.27. The van der Waals surface area contributed by atoms with E-state index in [1.165, 1.54) is 7.11 Å². The highest BCUT2D eigenvalue weighted by Gasteiger charge is 2.41. The molecule has 4 atom stereocenters.